The van der Waals surface area contributed by atoms with Crippen LogP contribution < -0.4 is 5.73 Å². The molecule has 3 N–H and O–H groups in total. The standard InChI is InChI=1S/C16H25NO2/c1-11(2)8-16(10-17,15(18)19)9-14-7-12(3)5-6-13(14)4/h5-7,11H,8-10,17H2,1-4H3,(H,18,19). The lowest BCUT2D eigenvalue weighted by atomic mass is 9.74. The molecule has 0 aliphatic carbocycles. The summed E-state index contributed by atoms with van der Waals surface area (Å²) in [7, 11) is 0. The maximum absolute atomic E-state index is 11.7. The van der Waals surface area contributed by atoms with Crippen LogP contribution in [0.4, 0.5) is 0 Å². The van der Waals surface area contributed by atoms with Crippen molar-refractivity contribution in [2.24, 2.45) is 17.1 Å². The highest BCUT2D eigenvalue weighted by atomic mass is 16.4. The van der Waals surface area contributed by atoms with Crippen LogP contribution in [0.1, 0.15) is 37.0 Å². The van der Waals surface area contributed by atoms with Crippen molar-refractivity contribution in [3.63, 3.8) is 0 Å². The first-order valence-corrected chi connectivity index (χ1v) is 6.80. The number of carbonyl (C=O) groups is 1. The van der Waals surface area contributed by atoms with E-state index in [0.717, 1.165) is 16.7 Å². The topological polar surface area (TPSA) is 63.3 Å². The number of aliphatic carboxylic acids is 1. The Labute approximate surface area is 115 Å². The molecule has 0 amide bonds. The fraction of sp³-hybridized carbons (Fsp3) is 0.562. The molecule has 1 atom stereocenters. The molecule has 1 rings (SSSR count). The van der Waals surface area contributed by atoms with Crippen LogP contribution in [0.25, 0.3) is 0 Å². The first-order chi connectivity index (χ1) is 8.80. The SMILES string of the molecule is Cc1ccc(C)c(CC(CN)(CC(C)C)C(=O)O)c1. The zero-order valence-corrected chi connectivity index (χ0v) is 12.4. The minimum absolute atomic E-state index is 0.174. The second kappa shape index (κ2) is 6.20. The Morgan fingerprint density at radius 2 is 2.00 bits per heavy atom. The van der Waals surface area contributed by atoms with Crippen molar-refractivity contribution in [1.82, 2.24) is 0 Å². The monoisotopic (exact) mass is 263 g/mol. The molecule has 1 unspecified atom stereocenters. The summed E-state index contributed by atoms with van der Waals surface area (Å²) in [6.07, 6.45) is 1.11. The number of rotatable bonds is 6. The Morgan fingerprint density at radius 3 is 2.47 bits per heavy atom. The molecule has 0 fully saturated rings. The fourth-order valence-corrected chi connectivity index (χ4v) is 2.61. The third-order valence-corrected chi connectivity index (χ3v) is 3.68. The van der Waals surface area contributed by atoms with Crippen LogP contribution in [-0.2, 0) is 11.2 Å². The van der Waals surface area contributed by atoms with E-state index in [-0.39, 0.29) is 6.54 Å². The van der Waals surface area contributed by atoms with Crippen molar-refractivity contribution in [1.29, 1.82) is 0 Å². The molecule has 0 heterocycles. The van der Waals surface area contributed by atoms with Crippen LogP contribution in [0.3, 0.4) is 0 Å². The van der Waals surface area contributed by atoms with Crippen molar-refractivity contribution in [2.75, 3.05) is 6.54 Å². The predicted molar refractivity (Wildman–Crippen MR) is 78.2 cm³/mol. The highest BCUT2D eigenvalue weighted by Gasteiger charge is 2.38. The van der Waals surface area contributed by atoms with Gasteiger partial charge in [0.2, 0.25) is 0 Å². The molecule has 0 aliphatic rings. The number of aryl methyl sites for hydroxylation is 2. The van der Waals surface area contributed by atoms with E-state index in [0.29, 0.717) is 18.8 Å². The first kappa shape index (κ1) is 15.7. The van der Waals surface area contributed by atoms with Gasteiger partial charge in [-0.2, -0.15) is 0 Å². The number of hydrogen-bond donors (Lipinski definition) is 2. The summed E-state index contributed by atoms with van der Waals surface area (Å²) >= 11 is 0. The molecule has 3 nitrogen and oxygen atoms in total. The zero-order valence-electron chi connectivity index (χ0n) is 12.4. The highest BCUT2D eigenvalue weighted by molar-refractivity contribution is 5.75. The Bertz CT molecular complexity index is 454. The molecule has 0 radical (unpaired) electrons. The quantitative estimate of drug-likeness (QED) is 0.829. The number of carboxylic acid groups (broad SMARTS) is 1. The van der Waals surface area contributed by atoms with Crippen molar-refractivity contribution < 1.29 is 9.90 Å². The van der Waals surface area contributed by atoms with Gasteiger partial charge < -0.3 is 10.8 Å². The Kier molecular flexibility index (Phi) is 5.12. The van der Waals surface area contributed by atoms with Gasteiger partial charge in [0.05, 0.1) is 5.41 Å². The normalized spacial score (nSPS) is 14.4. The molecular formula is C16H25NO2. The van der Waals surface area contributed by atoms with E-state index < -0.39 is 11.4 Å². The molecule has 0 aromatic heterocycles. The van der Waals surface area contributed by atoms with Gasteiger partial charge in [0.25, 0.3) is 0 Å². The Balaban J connectivity index is 3.13. The number of carboxylic acids is 1. The van der Waals surface area contributed by atoms with Crippen molar-refractivity contribution >= 4 is 5.97 Å². The summed E-state index contributed by atoms with van der Waals surface area (Å²) in [5, 5.41) is 9.61. The Morgan fingerprint density at radius 1 is 1.37 bits per heavy atom. The van der Waals surface area contributed by atoms with Crippen LogP contribution >= 0.6 is 0 Å². The lowest BCUT2D eigenvalue weighted by Crippen LogP contribution is -2.42. The fourth-order valence-electron chi connectivity index (χ4n) is 2.61. The third kappa shape index (κ3) is 3.80. The van der Waals surface area contributed by atoms with Crippen LogP contribution in [0.2, 0.25) is 0 Å². The van der Waals surface area contributed by atoms with Crippen LogP contribution in [-0.4, -0.2) is 17.6 Å². The molecular weight excluding hydrogens is 238 g/mol. The summed E-state index contributed by atoms with van der Waals surface area (Å²) < 4.78 is 0. The largest absolute Gasteiger partial charge is 0.481 e. The minimum Gasteiger partial charge on any atom is -0.481 e. The van der Waals surface area contributed by atoms with Crippen LogP contribution in [0.5, 0.6) is 0 Å². The number of benzene rings is 1. The molecule has 106 valence electrons. The maximum atomic E-state index is 11.7. The van der Waals surface area contributed by atoms with Crippen molar-refractivity contribution in [3.8, 4) is 0 Å². The third-order valence-electron chi connectivity index (χ3n) is 3.68. The number of nitrogens with two attached hydrogens (primary N) is 1. The molecule has 19 heavy (non-hydrogen) atoms. The van der Waals surface area contributed by atoms with Gasteiger partial charge >= 0.3 is 5.97 Å². The lowest BCUT2D eigenvalue weighted by molar-refractivity contribution is -0.149. The van der Waals surface area contributed by atoms with E-state index in [1.54, 1.807) is 0 Å². The van der Waals surface area contributed by atoms with E-state index in [1.807, 2.05) is 39.8 Å². The molecule has 0 saturated heterocycles. The van der Waals surface area contributed by atoms with Gasteiger partial charge in [0.1, 0.15) is 0 Å². The number of hydrogen-bond acceptors (Lipinski definition) is 2. The van der Waals surface area contributed by atoms with Gasteiger partial charge in [-0.3, -0.25) is 4.79 Å². The van der Waals surface area contributed by atoms with Gasteiger partial charge in [0.15, 0.2) is 0 Å². The maximum Gasteiger partial charge on any atom is 0.311 e. The summed E-state index contributed by atoms with van der Waals surface area (Å²) in [5.74, 6) is -0.477. The second-order valence-corrected chi connectivity index (χ2v) is 5.99. The summed E-state index contributed by atoms with van der Waals surface area (Å²) in [5.41, 5.74) is 8.34. The van der Waals surface area contributed by atoms with E-state index in [9.17, 15) is 9.90 Å². The minimum atomic E-state index is -0.854. The zero-order chi connectivity index (χ0) is 14.6. The average molecular weight is 263 g/mol. The van der Waals surface area contributed by atoms with Gasteiger partial charge in [-0.15, -0.1) is 0 Å². The van der Waals surface area contributed by atoms with Gasteiger partial charge in [-0.05, 0) is 43.7 Å². The second-order valence-electron chi connectivity index (χ2n) is 5.99. The first-order valence-electron chi connectivity index (χ1n) is 6.80. The predicted octanol–water partition coefficient (Wildman–Crippen LogP) is 2.92. The molecule has 0 spiro atoms. The van der Waals surface area contributed by atoms with E-state index in [2.05, 4.69) is 6.07 Å². The van der Waals surface area contributed by atoms with Crippen LogP contribution in [0.15, 0.2) is 18.2 Å². The summed E-state index contributed by atoms with van der Waals surface area (Å²) in [6.45, 7) is 8.30. The van der Waals surface area contributed by atoms with Crippen molar-refractivity contribution in [2.45, 2.75) is 40.5 Å². The van der Waals surface area contributed by atoms with Gasteiger partial charge in [0, 0.05) is 6.54 Å². The smallest absolute Gasteiger partial charge is 0.311 e. The lowest BCUT2D eigenvalue weighted by Gasteiger charge is -2.30. The average Bonchev–Trinajstić information content (AvgIpc) is 2.32. The molecule has 1 aromatic rings. The summed E-state index contributed by atoms with van der Waals surface area (Å²) in [6, 6.07) is 6.17. The van der Waals surface area contributed by atoms with Crippen molar-refractivity contribution in [3.05, 3.63) is 34.9 Å². The molecule has 1 aromatic carbocycles. The van der Waals surface area contributed by atoms with E-state index in [1.165, 1.54) is 0 Å². The van der Waals surface area contributed by atoms with E-state index >= 15 is 0 Å². The Hall–Kier alpha value is -1.35. The van der Waals surface area contributed by atoms with Crippen LogP contribution in [0, 0.1) is 25.2 Å². The highest BCUT2D eigenvalue weighted by Crippen LogP contribution is 2.31. The molecule has 0 saturated carbocycles. The molecule has 3 heteroatoms. The van der Waals surface area contributed by atoms with E-state index in [4.69, 9.17) is 5.73 Å². The van der Waals surface area contributed by atoms with Gasteiger partial charge in [-0.25, -0.2) is 0 Å². The molecule has 0 bridgehead atoms. The molecule has 0 aliphatic heterocycles. The van der Waals surface area contributed by atoms with Gasteiger partial charge in [-0.1, -0.05) is 37.6 Å². The summed E-state index contributed by atoms with van der Waals surface area (Å²) in [4.78, 5) is 11.7.